The van der Waals surface area contributed by atoms with Crippen molar-refractivity contribution in [3.05, 3.63) is 40.0 Å². The minimum Gasteiger partial charge on any atom is -0.480 e. The van der Waals surface area contributed by atoms with Gasteiger partial charge in [-0.15, -0.1) is 0 Å². The molecule has 1 heterocycles. The van der Waals surface area contributed by atoms with Crippen molar-refractivity contribution in [2.24, 2.45) is 0 Å². The maximum absolute atomic E-state index is 5.15. The minimum atomic E-state index is 0.513. The van der Waals surface area contributed by atoms with E-state index >= 15 is 0 Å². The second-order valence-electron chi connectivity index (χ2n) is 3.94. The molecule has 4 nitrogen and oxygen atoms in total. The summed E-state index contributed by atoms with van der Waals surface area (Å²) in [6.45, 7) is 4.09. The Balaban J connectivity index is 2.34. The first kappa shape index (κ1) is 12.8. The highest BCUT2D eigenvalue weighted by atomic mass is 79.9. The van der Waals surface area contributed by atoms with Crippen LogP contribution in [0.1, 0.15) is 11.1 Å². The Morgan fingerprint density at radius 2 is 1.89 bits per heavy atom. The average Bonchev–Trinajstić information content (AvgIpc) is 2.36. The Morgan fingerprint density at radius 3 is 2.50 bits per heavy atom. The van der Waals surface area contributed by atoms with Crippen molar-refractivity contribution in [2.45, 2.75) is 13.8 Å². The third-order valence-corrected chi connectivity index (χ3v) is 3.17. The second kappa shape index (κ2) is 5.35. The quantitative estimate of drug-likeness (QED) is 0.941. The summed E-state index contributed by atoms with van der Waals surface area (Å²) >= 11 is 3.33. The van der Waals surface area contributed by atoms with Gasteiger partial charge in [-0.1, -0.05) is 18.2 Å². The zero-order chi connectivity index (χ0) is 13.1. The monoisotopic (exact) mass is 307 g/mol. The number of ether oxygens (including phenoxy) is 1. The van der Waals surface area contributed by atoms with Gasteiger partial charge in [0.25, 0.3) is 0 Å². The van der Waals surface area contributed by atoms with Crippen LogP contribution in [0.3, 0.4) is 0 Å². The third kappa shape index (κ3) is 2.61. The number of methoxy groups -OCH3 is 1. The van der Waals surface area contributed by atoms with E-state index in [0.29, 0.717) is 11.8 Å². The number of hydrogen-bond acceptors (Lipinski definition) is 4. The molecule has 0 aliphatic heterocycles. The lowest BCUT2D eigenvalue weighted by molar-refractivity contribution is 0.394. The topological polar surface area (TPSA) is 47.0 Å². The van der Waals surface area contributed by atoms with Crippen molar-refractivity contribution >= 4 is 27.6 Å². The van der Waals surface area contributed by atoms with E-state index in [2.05, 4.69) is 31.2 Å². The maximum Gasteiger partial charge on any atom is 0.232 e. The molecule has 1 N–H and O–H groups in total. The smallest absolute Gasteiger partial charge is 0.232 e. The van der Waals surface area contributed by atoms with Crippen LogP contribution in [0.2, 0.25) is 0 Å². The molecule has 0 aliphatic rings. The molecule has 18 heavy (non-hydrogen) atoms. The van der Waals surface area contributed by atoms with Gasteiger partial charge in [0, 0.05) is 5.69 Å². The number of hydrogen-bond donors (Lipinski definition) is 1. The van der Waals surface area contributed by atoms with E-state index in [1.165, 1.54) is 0 Å². The van der Waals surface area contributed by atoms with Gasteiger partial charge in [-0.3, -0.25) is 0 Å². The maximum atomic E-state index is 5.15. The number of nitrogens with zero attached hydrogens (tertiary/aromatic N) is 2. The van der Waals surface area contributed by atoms with Crippen molar-refractivity contribution in [3.8, 4) is 5.88 Å². The lowest BCUT2D eigenvalue weighted by Crippen LogP contribution is -2.02. The fourth-order valence-corrected chi connectivity index (χ4v) is 2.03. The molecule has 0 saturated carbocycles. The molecule has 1 aromatic heterocycles. The molecule has 2 aromatic rings. The number of nitrogens with one attached hydrogen (secondary N) is 1. The van der Waals surface area contributed by atoms with Crippen LogP contribution in [0, 0.1) is 13.8 Å². The summed E-state index contributed by atoms with van der Waals surface area (Å²) in [5.41, 5.74) is 3.34. The molecule has 1 aromatic carbocycles. The third-order valence-electron chi connectivity index (χ3n) is 2.62. The van der Waals surface area contributed by atoms with Gasteiger partial charge in [0.05, 0.1) is 17.8 Å². The molecule has 5 heteroatoms. The van der Waals surface area contributed by atoms with Gasteiger partial charge in [-0.25, -0.2) is 4.98 Å². The van der Waals surface area contributed by atoms with E-state index in [1.807, 2.05) is 32.0 Å². The molecule has 0 bridgehead atoms. The van der Waals surface area contributed by atoms with E-state index in [-0.39, 0.29) is 0 Å². The van der Waals surface area contributed by atoms with Gasteiger partial charge in [-0.2, -0.15) is 4.98 Å². The summed E-state index contributed by atoms with van der Waals surface area (Å²) in [6, 6.07) is 6.12. The Kier molecular flexibility index (Phi) is 3.81. The molecule has 0 unspecified atom stereocenters. The van der Waals surface area contributed by atoms with Crippen LogP contribution in [0.5, 0.6) is 5.88 Å². The normalized spacial score (nSPS) is 10.2. The molecule has 0 fully saturated rings. The number of aryl methyl sites for hydroxylation is 2. The first-order chi connectivity index (χ1) is 8.61. The van der Waals surface area contributed by atoms with E-state index in [9.17, 15) is 0 Å². The minimum absolute atomic E-state index is 0.513. The lowest BCUT2D eigenvalue weighted by Gasteiger charge is -2.12. The van der Waals surface area contributed by atoms with Gasteiger partial charge in [-0.05, 0) is 40.9 Å². The SMILES string of the molecule is COc1nc(Nc2c(C)cccc2C)ncc1Br. The number of anilines is 2. The zero-order valence-electron chi connectivity index (χ0n) is 10.5. The first-order valence-electron chi connectivity index (χ1n) is 5.51. The highest BCUT2D eigenvalue weighted by Crippen LogP contribution is 2.26. The summed E-state index contributed by atoms with van der Waals surface area (Å²) in [5, 5.41) is 3.22. The van der Waals surface area contributed by atoms with Gasteiger partial charge in [0.2, 0.25) is 11.8 Å². The van der Waals surface area contributed by atoms with Gasteiger partial charge in [0.15, 0.2) is 0 Å². The van der Waals surface area contributed by atoms with E-state index in [4.69, 9.17) is 4.74 Å². The standard InChI is InChI=1S/C13H14BrN3O/c1-8-5-4-6-9(2)11(8)16-13-15-7-10(14)12(17-13)18-3/h4-7H,1-3H3,(H,15,16,17). The predicted molar refractivity (Wildman–Crippen MR) is 75.5 cm³/mol. The van der Waals surface area contributed by atoms with Crippen LogP contribution >= 0.6 is 15.9 Å². The molecular formula is C13H14BrN3O. The van der Waals surface area contributed by atoms with Gasteiger partial charge < -0.3 is 10.1 Å². The van der Waals surface area contributed by atoms with Crippen molar-refractivity contribution in [3.63, 3.8) is 0 Å². The molecule has 94 valence electrons. The number of benzene rings is 1. The van der Waals surface area contributed by atoms with Crippen LogP contribution in [0.15, 0.2) is 28.9 Å². The molecule has 0 spiro atoms. The number of aromatic nitrogens is 2. The van der Waals surface area contributed by atoms with Crippen LogP contribution in [0.4, 0.5) is 11.6 Å². The van der Waals surface area contributed by atoms with E-state index in [1.54, 1.807) is 13.3 Å². The van der Waals surface area contributed by atoms with Crippen molar-refractivity contribution < 1.29 is 4.74 Å². The summed E-state index contributed by atoms with van der Waals surface area (Å²) in [4.78, 5) is 8.49. The number of para-hydroxylation sites is 1. The van der Waals surface area contributed by atoms with Crippen molar-refractivity contribution in [1.29, 1.82) is 0 Å². The van der Waals surface area contributed by atoms with Crippen LogP contribution in [0.25, 0.3) is 0 Å². The lowest BCUT2D eigenvalue weighted by atomic mass is 10.1. The Labute approximate surface area is 115 Å². The molecule has 0 amide bonds. The van der Waals surface area contributed by atoms with Crippen molar-refractivity contribution in [2.75, 3.05) is 12.4 Å². The first-order valence-corrected chi connectivity index (χ1v) is 6.31. The molecule has 0 radical (unpaired) electrons. The van der Waals surface area contributed by atoms with Crippen molar-refractivity contribution in [1.82, 2.24) is 9.97 Å². The largest absolute Gasteiger partial charge is 0.480 e. The number of halogens is 1. The zero-order valence-corrected chi connectivity index (χ0v) is 12.1. The highest BCUT2D eigenvalue weighted by molar-refractivity contribution is 9.10. The van der Waals surface area contributed by atoms with Gasteiger partial charge in [0.1, 0.15) is 0 Å². The molecule has 0 saturated heterocycles. The Morgan fingerprint density at radius 1 is 1.22 bits per heavy atom. The highest BCUT2D eigenvalue weighted by Gasteiger charge is 2.07. The number of rotatable bonds is 3. The fourth-order valence-electron chi connectivity index (χ4n) is 1.68. The van der Waals surface area contributed by atoms with Crippen LogP contribution in [-0.4, -0.2) is 17.1 Å². The predicted octanol–water partition coefficient (Wildman–Crippen LogP) is 3.61. The summed E-state index contributed by atoms with van der Waals surface area (Å²) < 4.78 is 5.88. The summed E-state index contributed by atoms with van der Waals surface area (Å²) in [6.07, 6.45) is 1.67. The second-order valence-corrected chi connectivity index (χ2v) is 4.80. The molecule has 2 rings (SSSR count). The fraction of sp³-hybridized carbons (Fsp3) is 0.231. The van der Waals surface area contributed by atoms with Crippen LogP contribution < -0.4 is 10.1 Å². The van der Waals surface area contributed by atoms with E-state index in [0.717, 1.165) is 21.3 Å². The molecular weight excluding hydrogens is 294 g/mol. The van der Waals surface area contributed by atoms with Gasteiger partial charge >= 0.3 is 0 Å². The molecule has 0 aliphatic carbocycles. The Bertz CT molecular complexity index is 552. The summed E-state index contributed by atoms with van der Waals surface area (Å²) in [7, 11) is 1.58. The average molecular weight is 308 g/mol. The summed E-state index contributed by atoms with van der Waals surface area (Å²) in [5.74, 6) is 1.03. The van der Waals surface area contributed by atoms with Crippen LogP contribution in [-0.2, 0) is 0 Å². The Hall–Kier alpha value is -1.62. The van der Waals surface area contributed by atoms with E-state index < -0.39 is 0 Å². The molecule has 0 atom stereocenters.